The molecule has 0 aliphatic heterocycles. The molecular formula is C26H32N2O. The molecule has 1 aromatic heterocycles. The van der Waals surface area contributed by atoms with Gasteiger partial charge >= 0.3 is 0 Å². The van der Waals surface area contributed by atoms with Gasteiger partial charge in [-0.2, -0.15) is 0 Å². The van der Waals surface area contributed by atoms with Crippen LogP contribution in [0.4, 0.5) is 0 Å². The summed E-state index contributed by atoms with van der Waals surface area (Å²) in [6.07, 6.45) is 1.90. The summed E-state index contributed by atoms with van der Waals surface area (Å²) in [5, 5.41) is 0. The second-order valence-corrected chi connectivity index (χ2v) is 8.80. The summed E-state index contributed by atoms with van der Waals surface area (Å²) in [7, 11) is 0. The van der Waals surface area contributed by atoms with Gasteiger partial charge in [-0.25, -0.2) is 0 Å². The minimum atomic E-state index is -0.360. The van der Waals surface area contributed by atoms with Crippen molar-refractivity contribution in [3.05, 3.63) is 82.7 Å². The van der Waals surface area contributed by atoms with E-state index in [1.807, 2.05) is 13.0 Å². The lowest BCUT2D eigenvalue weighted by atomic mass is 9.86. The zero-order valence-electron chi connectivity index (χ0n) is 18.3. The van der Waals surface area contributed by atoms with Gasteiger partial charge in [-0.1, -0.05) is 88.7 Å². The Hall–Kier alpha value is -2.81. The molecule has 3 aromatic rings. The molecule has 0 atom stereocenters. The Balaban J connectivity index is 2.19. The Morgan fingerprint density at radius 2 is 1.62 bits per heavy atom. The van der Waals surface area contributed by atoms with Crippen molar-refractivity contribution in [2.75, 3.05) is 0 Å². The van der Waals surface area contributed by atoms with E-state index in [2.05, 4.69) is 80.8 Å². The van der Waals surface area contributed by atoms with Crippen LogP contribution in [-0.2, 0) is 18.4 Å². The summed E-state index contributed by atoms with van der Waals surface area (Å²) in [4.78, 5) is 12.5. The van der Waals surface area contributed by atoms with Gasteiger partial charge in [0.1, 0.15) is 0 Å². The van der Waals surface area contributed by atoms with Gasteiger partial charge in [0, 0.05) is 23.5 Å². The summed E-state index contributed by atoms with van der Waals surface area (Å²) < 4.78 is 2.27. The van der Waals surface area contributed by atoms with Gasteiger partial charge in [0.05, 0.1) is 5.56 Å². The van der Waals surface area contributed by atoms with Crippen molar-refractivity contribution in [2.24, 2.45) is 5.73 Å². The third kappa shape index (κ3) is 4.29. The average Bonchev–Trinajstić information content (AvgIpc) is 2.94. The monoisotopic (exact) mass is 388 g/mol. The number of hydrogen-bond donors (Lipinski definition) is 1. The lowest BCUT2D eigenvalue weighted by Gasteiger charge is -2.19. The smallest absolute Gasteiger partial charge is 0.251 e. The fraction of sp³-hybridized carbons (Fsp3) is 0.346. The fourth-order valence-corrected chi connectivity index (χ4v) is 4.02. The van der Waals surface area contributed by atoms with Crippen molar-refractivity contribution >= 4 is 5.91 Å². The van der Waals surface area contributed by atoms with Crippen LogP contribution in [0.3, 0.4) is 0 Å². The molecule has 0 spiro atoms. The van der Waals surface area contributed by atoms with Gasteiger partial charge in [0.2, 0.25) is 0 Å². The number of nitrogens with zero attached hydrogens (tertiary/aromatic N) is 1. The van der Waals surface area contributed by atoms with Gasteiger partial charge < -0.3 is 10.3 Å². The minimum absolute atomic E-state index is 0.0897. The third-order valence-electron chi connectivity index (χ3n) is 5.59. The predicted octanol–water partition coefficient (Wildman–Crippen LogP) is 5.86. The standard InChI is InChI=1S/C26H32N2O/c1-6-10-22-24(20-13-15-21(16-14-20)26(3,4)5)23(25(27)29)18(2)28(22)17-19-11-8-7-9-12-19/h7-9,11-16H,6,10,17H2,1-5H3,(H2,27,29). The minimum Gasteiger partial charge on any atom is -0.366 e. The van der Waals surface area contributed by atoms with Crippen LogP contribution in [0.25, 0.3) is 11.1 Å². The van der Waals surface area contributed by atoms with Crippen molar-refractivity contribution in [1.29, 1.82) is 0 Å². The van der Waals surface area contributed by atoms with Gasteiger partial charge in [0.15, 0.2) is 0 Å². The highest BCUT2D eigenvalue weighted by Crippen LogP contribution is 2.35. The van der Waals surface area contributed by atoms with Crippen molar-refractivity contribution < 1.29 is 4.79 Å². The number of nitrogens with two attached hydrogens (primary N) is 1. The zero-order chi connectivity index (χ0) is 21.2. The molecule has 1 heterocycles. The molecule has 3 heteroatoms. The van der Waals surface area contributed by atoms with Crippen LogP contribution in [0.2, 0.25) is 0 Å². The lowest BCUT2D eigenvalue weighted by molar-refractivity contribution is 0.1000. The normalized spacial score (nSPS) is 11.6. The van der Waals surface area contributed by atoms with E-state index in [0.717, 1.165) is 36.2 Å². The Morgan fingerprint density at radius 3 is 2.14 bits per heavy atom. The summed E-state index contributed by atoms with van der Waals surface area (Å²) >= 11 is 0. The number of aromatic nitrogens is 1. The maximum Gasteiger partial charge on any atom is 0.251 e. The summed E-state index contributed by atoms with van der Waals surface area (Å²) in [6, 6.07) is 19.0. The zero-order valence-corrected chi connectivity index (χ0v) is 18.3. The molecule has 1 amide bonds. The van der Waals surface area contributed by atoms with E-state index in [-0.39, 0.29) is 11.3 Å². The maximum absolute atomic E-state index is 12.5. The number of amides is 1. The van der Waals surface area contributed by atoms with E-state index in [9.17, 15) is 4.79 Å². The second-order valence-electron chi connectivity index (χ2n) is 8.80. The number of carbonyl (C=O) groups excluding carboxylic acids is 1. The van der Waals surface area contributed by atoms with Gasteiger partial charge in [-0.05, 0) is 35.4 Å². The highest BCUT2D eigenvalue weighted by atomic mass is 16.1. The molecule has 152 valence electrons. The molecule has 0 saturated carbocycles. The third-order valence-corrected chi connectivity index (χ3v) is 5.59. The van der Waals surface area contributed by atoms with E-state index < -0.39 is 0 Å². The van der Waals surface area contributed by atoms with Gasteiger partial charge in [-0.15, -0.1) is 0 Å². The van der Waals surface area contributed by atoms with Gasteiger partial charge in [-0.3, -0.25) is 4.79 Å². The molecule has 0 unspecified atom stereocenters. The largest absolute Gasteiger partial charge is 0.366 e. The first-order valence-electron chi connectivity index (χ1n) is 10.4. The number of carbonyl (C=O) groups is 1. The molecule has 2 N–H and O–H groups in total. The molecule has 0 bridgehead atoms. The highest BCUT2D eigenvalue weighted by molar-refractivity contribution is 6.02. The van der Waals surface area contributed by atoms with Crippen molar-refractivity contribution in [3.63, 3.8) is 0 Å². The lowest BCUT2D eigenvalue weighted by Crippen LogP contribution is -2.14. The van der Waals surface area contributed by atoms with Crippen LogP contribution in [0.1, 0.15) is 67.0 Å². The van der Waals surface area contributed by atoms with Crippen LogP contribution < -0.4 is 5.73 Å². The Bertz CT molecular complexity index is 990. The fourth-order valence-electron chi connectivity index (χ4n) is 4.02. The van der Waals surface area contributed by atoms with E-state index in [0.29, 0.717) is 5.56 Å². The Labute approximate surface area is 174 Å². The van der Waals surface area contributed by atoms with Crippen molar-refractivity contribution in [1.82, 2.24) is 4.57 Å². The maximum atomic E-state index is 12.5. The van der Waals surface area contributed by atoms with Crippen LogP contribution in [0, 0.1) is 6.92 Å². The Morgan fingerprint density at radius 1 is 1.00 bits per heavy atom. The number of hydrogen-bond acceptors (Lipinski definition) is 1. The number of rotatable bonds is 6. The van der Waals surface area contributed by atoms with E-state index in [1.54, 1.807) is 0 Å². The van der Waals surface area contributed by atoms with E-state index in [1.165, 1.54) is 16.8 Å². The number of benzene rings is 2. The molecule has 29 heavy (non-hydrogen) atoms. The van der Waals surface area contributed by atoms with Crippen LogP contribution >= 0.6 is 0 Å². The van der Waals surface area contributed by atoms with E-state index >= 15 is 0 Å². The van der Waals surface area contributed by atoms with Crippen molar-refractivity contribution in [3.8, 4) is 11.1 Å². The molecule has 3 nitrogen and oxygen atoms in total. The molecular weight excluding hydrogens is 356 g/mol. The first-order valence-corrected chi connectivity index (χ1v) is 10.4. The highest BCUT2D eigenvalue weighted by Gasteiger charge is 2.25. The molecule has 3 rings (SSSR count). The molecule has 0 radical (unpaired) electrons. The second kappa shape index (κ2) is 8.28. The summed E-state index contributed by atoms with van der Waals surface area (Å²) in [6.45, 7) is 11.5. The molecule has 0 saturated heterocycles. The Kier molecular flexibility index (Phi) is 5.97. The quantitative estimate of drug-likeness (QED) is 0.565. The SMILES string of the molecule is CCCc1c(-c2ccc(C(C)(C)C)cc2)c(C(N)=O)c(C)n1Cc1ccccc1. The first-order chi connectivity index (χ1) is 13.7. The molecule has 0 aliphatic carbocycles. The average molecular weight is 389 g/mol. The van der Waals surface area contributed by atoms with Crippen LogP contribution in [0.15, 0.2) is 54.6 Å². The number of primary amides is 1. The van der Waals surface area contributed by atoms with E-state index in [4.69, 9.17) is 5.73 Å². The summed E-state index contributed by atoms with van der Waals surface area (Å²) in [5.41, 5.74) is 13.3. The predicted molar refractivity (Wildman–Crippen MR) is 121 cm³/mol. The first kappa shape index (κ1) is 20.9. The molecule has 0 fully saturated rings. The summed E-state index contributed by atoms with van der Waals surface area (Å²) in [5.74, 6) is -0.360. The molecule has 0 aliphatic rings. The van der Waals surface area contributed by atoms with Crippen molar-refractivity contribution in [2.45, 2.75) is 59.4 Å². The topological polar surface area (TPSA) is 48.0 Å². The van der Waals surface area contributed by atoms with Crippen LogP contribution in [0.5, 0.6) is 0 Å². The molecule has 2 aromatic carbocycles. The van der Waals surface area contributed by atoms with Crippen LogP contribution in [-0.4, -0.2) is 10.5 Å². The van der Waals surface area contributed by atoms with Gasteiger partial charge in [0.25, 0.3) is 5.91 Å².